The number of para-hydroxylation sites is 1. The van der Waals surface area contributed by atoms with E-state index in [1.165, 1.54) is 18.4 Å². The van der Waals surface area contributed by atoms with Crippen LogP contribution in [0.15, 0.2) is 24.3 Å². The van der Waals surface area contributed by atoms with E-state index in [1.54, 1.807) is 0 Å². The summed E-state index contributed by atoms with van der Waals surface area (Å²) in [6, 6.07) is 8.18. The van der Waals surface area contributed by atoms with Crippen LogP contribution in [0.25, 0.3) is 0 Å². The maximum absolute atomic E-state index is 12.1. The van der Waals surface area contributed by atoms with E-state index in [4.69, 9.17) is 0 Å². The Hall–Kier alpha value is -1.31. The number of benzene rings is 1. The quantitative estimate of drug-likeness (QED) is 0.720. The fourth-order valence-electron chi connectivity index (χ4n) is 2.33. The first-order chi connectivity index (χ1) is 7.27. The highest BCUT2D eigenvalue weighted by atomic mass is 16.2. The molecular formula is C13H15NO. The minimum Gasteiger partial charge on any atom is -0.311 e. The van der Waals surface area contributed by atoms with Gasteiger partial charge in [-0.3, -0.25) is 4.79 Å². The number of anilines is 1. The Bertz CT molecular complexity index is 409. The molecule has 1 atom stereocenters. The highest BCUT2D eigenvalue weighted by molar-refractivity contribution is 6.04. The molecule has 78 valence electrons. The van der Waals surface area contributed by atoms with E-state index in [9.17, 15) is 4.79 Å². The summed E-state index contributed by atoms with van der Waals surface area (Å²) in [5.74, 6) is 1.09. The predicted octanol–water partition coefficient (Wildman–Crippen LogP) is 2.55. The minimum absolute atomic E-state index is 0.0555. The fourth-order valence-corrected chi connectivity index (χ4v) is 2.33. The number of amides is 1. The minimum atomic E-state index is 0.0555. The monoisotopic (exact) mass is 201 g/mol. The Morgan fingerprint density at radius 1 is 1.33 bits per heavy atom. The van der Waals surface area contributed by atoms with Crippen molar-refractivity contribution in [1.29, 1.82) is 0 Å². The van der Waals surface area contributed by atoms with Gasteiger partial charge < -0.3 is 4.90 Å². The van der Waals surface area contributed by atoms with Gasteiger partial charge in [0.1, 0.15) is 0 Å². The molecule has 2 aliphatic rings. The summed E-state index contributed by atoms with van der Waals surface area (Å²) in [6.07, 6.45) is 2.58. The zero-order valence-corrected chi connectivity index (χ0v) is 8.94. The van der Waals surface area contributed by atoms with Crippen molar-refractivity contribution < 1.29 is 4.79 Å². The van der Waals surface area contributed by atoms with Gasteiger partial charge in [-0.15, -0.1) is 0 Å². The highest BCUT2D eigenvalue weighted by Gasteiger charge is 2.36. The molecule has 1 aromatic carbocycles. The van der Waals surface area contributed by atoms with Crippen LogP contribution in [0.1, 0.15) is 31.2 Å². The Kier molecular flexibility index (Phi) is 1.84. The first-order valence-corrected chi connectivity index (χ1v) is 5.67. The first kappa shape index (κ1) is 8.96. The lowest BCUT2D eigenvalue weighted by molar-refractivity contribution is -0.119. The van der Waals surface area contributed by atoms with Crippen LogP contribution in [0, 0.1) is 5.92 Å². The van der Waals surface area contributed by atoms with Crippen LogP contribution in [0.3, 0.4) is 0 Å². The Morgan fingerprint density at radius 2 is 2.07 bits per heavy atom. The van der Waals surface area contributed by atoms with E-state index in [-0.39, 0.29) is 11.8 Å². The van der Waals surface area contributed by atoms with Crippen molar-refractivity contribution in [3.8, 4) is 0 Å². The summed E-state index contributed by atoms with van der Waals surface area (Å²) in [7, 11) is 0. The van der Waals surface area contributed by atoms with E-state index >= 15 is 0 Å². The number of hydrogen-bond acceptors (Lipinski definition) is 1. The number of carbonyl (C=O) groups is 1. The molecule has 1 heterocycles. The number of rotatable bonds is 2. The summed E-state index contributed by atoms with van der Waals surface area (Å²) >= 11 is 0. The van der Waals surface area contributed by atoms with Gasteiger partial charge in [0.2, 0.25) is 5.91 Å². The SMILES string of the molecule is CC1C(=O)N(CC2CC2)c2ccccc21. The van der Waals surface area contributed by atoms with E-state index < -0.39 is 0 Å². The largest absolute Gasteiger partial charge is 0.311 e. The zero-order valence-electron chi connectivity index (χ0n) is 8.94. The molecule has 15 heavy (non-hydrogen) atoms. The van der Waals surface area contributed by atoms with Gasteiger partial charge in [0, 0.05) is 12.2 Å². The maximum atomic E-state index is 12.1. The first-order valence-electron chi connectivity index (χ1n) is 5.67. The lowest BCUT2D eigenvalue weighted by atomic mass is 10.0. The van der Waals surface area contributed by atoms with Crippen molar-refractivity contribution in [2.75, 3.05) is 11.4 Å². The summed E-state index contributed by atoms with van der Waals surface area (Å²) in [4.78, 5) is 14.0. The molecule has 1 saturated carbocycles. The van der Waals surface area contributed by atoms with Gasteiger partial charge in [0.25, 0.3) is 0 Å². The van der Waals surface area contributed by atoms with Gasteiger partial charge in [0.15, 0.2) is 0 Å². The molecule has 0 radical (unpaired) electrons. The Balaban J connectivity index is 1.97. The van der Waals surface area contributed by atoms with E-state index in [0.717, 1.165) is 18.2 Å². The van der Waals surface area contributed by atoms with Crippen LogP contribution >= 0.6 is 0 Å². The van der Waals surface area contributed by atoms with E-state index in [1.807, 2.05) is 24.0 Å². The second-order valence-electron chi connectivity index (χ2n) is 4.67. The van der Waals surface area contributed by atoms with Crippen molar-refractivity contribution in [2.45, 2.75) is 25.7 Å². The molecule has 3 rings (SSSR count). The third kappa shape index (κ3) is 1.36. The molecule has 0 bridgehead atoms. The third-order valence-electron chi connectivity index (χ3n) is 3.47. The van der Waals surface area contributed by atoms with Crippen LogP contribution < -0.4 is 4.90 Å². The molecule has 0 N–H and O–H groups in total. The fraction of sp³-hybridized carbons (Fsp3) is 0.462. The van der Waals surface area contributed by atoms with Gasteiger partial charge >= 0.3 is 0 Å². The molecule has 1 aromatic rings. The number of carbonyl (C=O) groups excluding carboxylic acids is 1. The normalized spacial score (nSPS) is 24.5. The standard InChI is InChI=1S/C13H15NO/c1-9-11-4-2-3-5-12(11)14(13(9)15)8-10-6-7-10/h2-5,9-10H,6-8H2,1H3. The molecule has 0 spiro atoms. The smallest absolute Gasteiger partial charge is 0.234 e. The molecule has 2 nitrogen and oxygen atoms in total. The zero-order chi connectivity index (χ0) is 10.4. The number of hydrogen-bond donors (Lipinski definition) is 0. The van der Waals surface area contributed by atoms with E-state index in [2.05, 4.69) is 12.1 Å². The van der Waals surface area contributed by atoms with Crippen LogP contribution in [0.2, 0.25) is 0 Å². The van der Waals surface area contributed by atoms with Crippen molar-refractivity contribution in [3.63, 3.8) is 0 Å². The summed E-state index contributed by atoms with van der Waals surface area (Å²) in [6.45, 7) is 2.94. The molecule has 2 heteroatoms. The van der Waals surface area contributed by atoms with E-state index in [0.29, 0.717) is 0 Å². The van der Waals surface area contributed by atoms with Crippen molar-refractivity contribution in [2.24, 2.45) is 5.92 Å². The van der Waals surface area contributed by atoms with Crippen molar-refractivity contribution in [3.05, 3.63) is 29.8 Å². The molecule has 1 unspecified atom stereocenters. The molecule has 1 fully saturated rings. The summed E-state index contributed by atoms with van der Waals surface area (Å²) < 4.78 is 0. The second-order valence-corrected chi connectivity index (χ2v) is 4.67. The average molecular weight is 201 g/mol. The Morgan fingerprint density at radius 3 is 2.80 bits per heavy atom. The molecule has 1 aliphatic carbocycles. The lowest BCUT2D eigenvalue weighted by Crippen LogP contribution is -2.30. The molecule has 0 saturated heterocycles. The molecular weight excluding hydrogens is 186 g/mol. The summed E-state index contributed by atoms with van der Waals surface area (Å²) in [5, 5.41) is 0. The average Bonchev–Trinajstić information content (AvgIpc) is 3.04. The van der Waals surface area contributed by atoms with Crippen LogP contribution in [-0.4, -0.2) is 12.5 Å². The van der Waals surface area contributed by atoms with Crippen molar-refractivity contribution in [1.82, 2.24) is 0 Å². The van der Waals surface area contributed by atoms with Gasteiger partial charge in [-0.1, -0.05) is 18.2 Å². The van der Waals surface area contributed by atoms with Crippen LogP contribution in [0.5, 0.6) is 0 Å². The van der Waals surface area contributed by atoms with Gasteiger partial charge in [0.05, 0.1) is 5.92 Å². The predicted molar refractivity (Wildman–Crippen MR) is 59.9 cm³/mol. The van der Waals surface area contributed by atoms with Crippen LogP contribution in [0.4, 0.5) is 5.69 Å². The molecule has 1 aliphatic heterocycles. The van der Waals surface area contributed by atoms with Gasteiger partial charge in [-0.05, 0) is 37.3 Å². The van der Waals surface area contributed by atoms with Gasteiger partial charge in [-0.25, -0.2) is 0 Å². The Labute approximate surface area is 89.9 Å². The summed E-state index contributed by atoms with van der Waals surface area (Å²) in [5.41, 5.74) is 2.34. The van der Waals surface area contributed by atoms with Crippen LogP contribution in [-0.2, 0) is 4.79 Å². The highest BCUT2D eigenvalue weighted by Crippen LogP contribution is 2.40. The second kappa shape index (κ2) is 3.09. The molecule has 0 aromatic heterocycles. The third-order valence-corrected chi connectivity index (χ3v) is 3.47. The maximum Gasteiger partial charge on any atom is 0.234 e. The molecule has 1 amide bonds. The lowest BCUT2D eigenvalue weighted by Gasteiger charge is -2.17. The van der Waals surface area contributed by atoms with Gasteiger partial charge in [-0.2, -0.15) is 0 Å². The topological polar surface area (TPSA) is 20.3 Å². The number of nitrogens with zero attached hydrogens (tertiary/aromatic N) is 1. The number of fused-ring (bicyclic) bond motifs is 1. The van der Waals surface area contributed by atoms with Crippen molar-refractivity contribution >= 4 is 11.6 Å².